The van der Waals surface area contributed by atoms with Gasteiger partial charge < -0.3 is 10.2 Å². The number of allylic oxidation sites excluding steroid dienone is 3. The molecule has 1 saturated heterocycles. The van der Waals surface area contributed by atoms with E-state index in [0.717, 1.165) is 12.1 Å². The number of hydrogen-bond acceptors (Lipinski definition) is 2. The van der Waals surface area contributed by atoms with Gasteiger partial charge in [-0.3, -0.25) is 0 Å². The van der Waals surface area contributed by atoms with Gasteiger partial charge in [0, 0.05) is 12.6 Å². The van der Waals surface area contributed by atoms with Gasteiger partial charge in [0.15, 0.2) is 0 Å². The molecular formula is C14H24N2. The molecule has 1 heterocycles. The molecule has 0 aliphatic carbocycles. The van der Waals surface area contributed by atoms with Gasteiger partial charge in [0.1, 0.15) is 0 Å². The van der Waals surface area contributed by atoms with Crippen molar-refractivity contribution >= 4 is 0 Å². The molecule has 90 valence electrons. The summed E-state index contributed by atoms with van der Waals surface area (Å²) in [4.78, 5) is 2.51. The number of nitrogens with zero attached hydrogens (tertiary/aromatic N) is 1. The lowest BCUT2D eigenvalue weighted by atomic mass is 10.1. The van der Waals surface area contributed by atoms with E-state index in [1.165, 1.54) is 25.9 Å². The van der Waals surface area contributed by atoms with Gasteiger partial charge in [-0.25, -0.2) is 0 Å². The van der Waals surface area contributed by atoms with Crippen LogP contribution in [0.2, 0.25) is 0 Å². The van der Waals surface area contributed by atoms with Crippen molar-refractivity contribution in [2.75, 3.05) is 26.7 Å². The van der Waals surface area contributed by atoms with E-state index in [1.54, 1.807) is 0 Å². The van der Waals surface area contributed by atoms with Crippen LogP contribution in [0.15, 0.2) is 36.5 Å². The second-order valence-corrected chi connectivity index (χ2v) is 4.31. The molecule has 2 heteroatoms. The van der Waals surface area contributed by atoms with E-state index in [-0.39, 0.29) is 0 Å². The first-order valence-electron chi connectivity index (χ1n) is 6.15. The highest BCUT2D eigenvalue weighted by Gasteiger charge is 2.16. The molecule has 2 nitrogen and oxygen atoms in total. The molecule has 0 saturated carbocycles. The van der Waals surface area contributed by atoms with Crippen molar-refractivity contribution in [3.8, 4) is 0 Å². The molecule has 0 aromatic rings. The molecule has 0 spiro atoms. The van der Waals surface area contributed by atoms with E-state index in [9.17, 15) is 0 Å². The van der Waals surface area contributed by atoms with Gasteiger partial charge in [0.2, 0.25) is 0 Å². The smallest absolute Gasteiger partial charge is 0.0440 e. The lowest BCUT2D eigenvalue weighted by Crippen LogP contribution is -2.38. The van der Waals surface area contributed by atoms with Crippen LogP contribution in [0.1, 0.15) is 19.8 Å². The molecule has 0 radical (unpaired) electrons. The van der Waals surface area contributed by atoms with Crippen molar-refractivity contribution in [2.24, 2.45) is 0 Å². The summed E-state index contributed by atoms with van der Waals surface area (Å²) >= 11 is 0. The number of hydrogen-bond donors (Lipinski definition) is 1. The van der Waals surface area contributed by atoms with Crippen LogP contribution in [-0.4, -0.2) is 37.6 Å². The average molecular weight is 220 g/mol. The van der Waals surface area contributed by atoms with E-state index >= 15 is 0 Å². The summed E-state index contributed by atoms with van der Waals surface area (Å²) in [7, 11) is 2.01. The Labute approximate surface area is 99.7 Å². The molecule has 1 fully saturated rings. The van der Waals surface area contributed by atoms with Crippen LogP contribution in [0, 0.1) is 0 Å². The van der Waals surface area contributed by atoms with Crippen LogP contribution in [0.5, 0.6) is 0 Å². The fourth-order valence-corrected chi connectivity index (χ4v) is 2.02. The van der Waals surface area contributed by atoms with Crippen LogP contribution >= 0.6 is 0 Å². The van der Waals surface area contributed by atoms with Crippen LogP contribution in [0.4, 0.5) is 0 Å². The van der Waals surface area contributed by atoms with Crippen molar-refractivity contribution < 1.29 is 0 Å². The molecule has 1 N–H and O–H groups in total. The maximum atomic E-state index is 4.13. The fraction of sp³-hybridized carbons (Fsp3) is 0.571. The first-order chi connectivity index (χ1) is 7.77. The summed E-state index contributed by atoms with van der Waals surface area (Å²) in [5, 5.41) is 3.34. The van der Waals surface area contributed by atoms with Crippen LogP contribution in [0.25, 0.3) is 0 Å². The van der Waals surface area contributed by atoms with Crippen LogP contribution in [0.3, 0.4) is 0 Å². The fourth-order valence-electron chi connectivity index (χ4n) is 2.02. The van der Waals surface area contributed by atoms with E-state index in [0.29, 0.717) is 6.04 Å². The highest BCUT2D eigenvalue weighted by molar-refractivity contribution is 5.24. The minimum absolute atomic E-state index is 0.375. The standard InChI is InChI=1S/C14H24N2/c1-4-5-6-9-13(2)14(15-3)12-16-10-7-8-11-16/h4-6,9,14-15H,2,7-8,10-12H2,1,3H3/b5-4-,9-6-/t14-/m1/s1. The summed E-state index contributed by atoms with van der Waals surface area (Å²) in [6.07, 6.45) is 10.9. The molecule has 0 amide bonds. The number of nitrogens with one attached hydrogen (secondary N) is 1. The summed E-state index contributed by atoms with van der Waals surface area (Å²) in [5.41, 5.74) is 1.16. The zero-order chi connectivity index (χ0) is 11.8. The Hall–Kier alpha value is -0.860. The van der Waals surface area contributed by atoms with E-state index in [2.05, 4.69) is 28.9 Å². The van der Waals surface area contributed by atoms with Crippen LogP contribution < -0.4 is 5.32 Å². The Morgan fingerprint density at radius 2 is 2.06 bits per heavy atom. The van der Waals surface area contributed by atoms with Crippen molar-refractivity contribution in [1.29, 1.82) is 0 Å². The van der Waals surface area contributed by atoms with Crippen molar-refractivity contribution in [1.82, 2.24) is 10.2 Å². The molecule has 1 aliphatic heterocycles. The molecular weight excluding hydrogens is 196 g/mol. The Bertz CT molecular complexity index is 260. The topological polar surface area (TPSA) is 15.3 Å². The summed E-state index contributed by atoms with van der Waals surface area (Å²) in [6.45, 7) is 9.71. The normalized spacial score (nSPS) is 19.9. The Balaban J connectivity index is 2.42. The molecule has 16 heavy (non-hydrogen) atoms. The van der Waals surface area contributed by atoms with Gasteiger partial charge >= 0.3 is 0 Å². The molecule has 1 atom stereocenters. The Kier molecular flexibility index (Phi) is 6.12. The predicted octanol–water partition coefficient (Wildman–Crippen LogP) is 2.36. The highest BCUT2D eigenvalue weighted by atomic mass is 15.2. The Morgan fingerprint density at radius 3 is 2.62 bits per heavy atom. The molecule has 0 bridgehead atoms. The van der Waals surface area contributed by atoms with Gasteiger partial charge in [-0.15, -0.1) is 0 Å². The number of likely N-dealkylation sites (tertiary alicyclic amines) is 1. The second kappa shape index (κ2) is 7.42. The van der Waals surface area contributed by atoms with Gasteiger partial charge in [0.25, 0.3) is 0 Å². The molecule has 0 aromatic heterocycles. The molecule has 0 unspecified atom stereocenters. The Morgan fingerprint density at radius 1 is 1.38 bits per heavy atom. The van der Waals surface area contributed by atoms with Crippen molar-refractivity contribution in [2.45, 2.75) is 25.8 Å². The summed E-state index contributed by atoms with van der Waals surface area (Å²) < 4.78 is 0. The third kappa shape index (κ3) is 4.33. The third-order valence-electron chi connectivity index (χ3n) is 3.05. The van der Waals surface area contributed by atoms with E-state index in [4.69, 9.17) is 0 Å². The first kappa shape index (κ1) is 13.2. The van der Waals surface area contributed by atoms with Gasteiger partial charge in [-0.2, -0.15) is 0 Å². The highest BCUT2D eigenvalue weighted by Crippen LogP contribution is 2.11. The summed E-state index contributed by atoms with van der Waals surface area (Å²) in [5.74, 6) is 0. The van der Waals surface area contributed by atoms with E-state index in [1.807, 2.05) is 26.1 Å². The largest absolute Gasteiger partial charge is 0.312 e. The summed E-state index contributed by atoms with van der Waals surface area (Å²) in [6, 6.07) is 0.375. The van der Waals surface area contributed by atoms with Gasteiger partial charge in [-0.05, 0) is 45.5 Å². The zero-order valence-electron chi connectivity index (χ0n) is 10.6. The average Bonchev–Trinajstić information content (AvgIpc) is 2.78. The number of rotatable bonds is 6. The molecule has 1 rings (SSSR count). The van der Waals surface area contributed by atoms with Gasteiger partial charge in [-0.1, -0.05) is 30.9 Å². The predicted molar refractivity (Wildman–Crippen MR) is 71.6 cm³/mol. The maximum absolute atomic E-state index is 4.13. The molecule has 0 aromatic carbocycles. The minimum Gasteiger partial charge on any atom is -0.312 e. The maximum Gasteiger partial charge on any atom is 0.0440 e. The number of likely N-dealkylation sites (N-methyl/N-ethyl adjacent to an activating group) is 1. The lowest BCUT2D eigenvalue weighted by molar-refractivity contribution is 0.313. The zero-order valence-corrected chi connectivity index (χ0v) is 10.6. The third-order valence-corrected chi connectivity index (χ3v) is 3.05. The van der Waals surface area contributed by atoms with E-state index < -0.39 is 0 Å². The minimum atomic E-state index is 0.375. The van der Waals surface area contributed by atoms with Crippen LogP contribution in [-0.2, 0) is 0 Å². The quantitative estimate of drug-likeness (QED) is 0.691. The lowest BCUT2D eigenvalue weighted by Gasteiger charge is -2.23. The van der Waals surface area contributed by atoms with Gasteiger partial charge in [0.05, 0.1) is 0 Å². The monoisotopic (exact) mass is 220 g/mol. The molecule has 1 aliphatic rings. The SMILES string of the molecule is C=C(/C=C\C=C/C)[C@@H](CN1CCCC1)NC. The van der Waals surface area contributed by atoms with Crippen molar-refractivity contribution in [3.63, 3.8) is 0 Å². The second-order valence-electron chi connectivity index (χ2n) is 4.31. The first-order valence-corrected chi connectivity index (χ1v) is 6.15. The van der Waals surface area contributed by atoms with Crippen molar-refractivity contribution in [3.05, 3.63) is 36.5 Å².